The Balaban J connectivity index is 2.32. The molecule has 0 atom stereocenters. The van der Waals surface area contributed by atoms with Gasteiger partial charge in [-0.25, -0.2) is 0 Å². The Morgan fingerprint density at radius 2 is 2.33 bits per heavy atom. The molecule has 1 aromatic heterocycles. The van der Waals surface area contributed by atoms with Crippen molar-refractivity contribution in [3.63, 3.8) is 0 Å². The first kappa shape index (κ1) is 7.55. The van der Waals surface area contributed by atoms with E-state index in [9.17, 15) is 4.79 Å². The summed E-state index contributed by atoms with van der Waals surface area (Å²) in [6.07, 6.45) is 3.06. The van der Waals surface area contributed by atoms with Crippen LogP contribution in [0.5, 0.6) is 0 Å². The predicted molar refractivity (Wildman–Crippen MR) is 45.2 cm³/mol. The van der Waals surface area contributed by atoms with E-state index >= 15 is 0 Å². The quantitative estimate of drug-likeness (QED) is 0.612. The number of hydrogen-bond donors (Lipinski definition) is 0. The minimum absolute atomic E-state index is 0.00222. The molecule has 0 radical (unpaired) electrons. The van der Waals surface area contributed by atoms with Gasteiger partial charge in [0, 0.05) is 25.5 Å². The number of rotatable bonds is 1. The summed E-state index contributed by atoms with van der Waals surface area (Å²) in [4.78, 5) is 17.0. The number of halogens is 1. The maximum atomic E-state index is 11.4. The average Bonchev–Trinajstić information content (AvgIpc) is 2.86. The van der Waals surface area contributed by atoms with E-state index in [0.717, 1.165) is 13.1 Å². The van der Waals surface area contributed by atoms with Crippen molar-refractivity contribution in [2.75, 3.05) is 13.1 Å². The molecule has 2 heterocycles. The van der Waals surface area contributed by atoms with Gasteiger partial charge in [-0.1, -0.05) is 11.6 Å². The lowest BCUT2D eigenvalue weighted by molar-refractivity contribution is 0.0885. The van der Waals surface area contributed by atoms with E-state index in [2.05, 4.69) is 4.98 Å². The number of carbonyl (C=O) groups is 1. The Morgan fingerprint density at radius 3 is 2.92 bits per heavy atom. The summed E-state index contributed by atoms with van der Waals surface area (Å²) in [5.41, 5.74) is 0.546. The molecular formula is C8H7ClN2O. The van der Waals surface area contributed by atoms with E-state index in [-0.39, 0.29) is 5.91 Å². The molecular weight excluding hydrogens is 176 g/mol. The molecule has 1 amide bonds. The van der Waals surface area contributed by atoms with E-state index in [4.69, 9.17) is 11.6 Å². The zero-order valence-corrected chi connectivity index (χ0v) is 7.08. The Bertz CT molecular complexity index is 323. The third kappa shape index (κ3) is 1.28. The van der Waals surface area contributed by atoms with E-state index in [1.165, 1.54) is 6.20 Å². The van der Waals surface area contributed by atoms with E-state index in [0.29, 0.717) is 10.6 Å². The second-order valence-electron chi connectivity index (χ2n) is 2.65. The zero-order valence-electron chi connectivity index (χ0n) is 6.33. The Labute approximate surface area is 75.0 Å². The minimum Gasteiger partial charge on any atom is -0.335 e. The molecule has 1 aromatic rings. The molecule has 0 saturated carbocycles. The molecule has 0 unspecified atom stereocenters. The molecule has 2 rings (SSSR count). The molecule has 0 N–H and O–H groups in total. The van der Waals surface area contributed by atoms with Crippen molar-refractivity contribution in [3.8, 4) is 0 Å². The van der Waals surface area contributed by atoms with E-state index < -0.39 is 0 Å². The molecule has 4 heteroatoms. The van der Waals surface area contributed by atoms with Crippen molar-refractivity contribution in [3.05, 3.63) is 29.0 Å². The number of nitrogens with zero attached hydrogens (tertiary/aromatic N) is 2. The lowest BCUT2D eigenvalue weighted by Crippen LogP contribution is -2.10. The van der Waals surface area contributed by atoms with E-state index in [1.807, 2.05) is 0 Å². The fraction of sp³-hybridized carbons (Fsp3) is 0.250. The third-order valence-corrected chi connectivity index (χ3v) is 2.04. The molecule has 0 aromatic carbocycles. The van der Waals surface area contributed by atoms with Crippen LogP contribution >= 0.6 is 11.6 Å². The van der Waals surface area contributed by atoms with Crippen molar-refractivity contribution in [2.45, 2.75) is 0 Å². The van der Waals surface area contributed by atoms with Gasteiger partial charge in [0.05, 0.1) is 10.6 Å². The molecule has 0 aliphatic carbocycles. The normalized spacial score (nSPS) is 14.6. The first-order valence-electron chi connectivity index (χ1n) is 3.68. The van der Waals surface area contributed by atoms with Gasteiger partial charge in [-0.05, 0) is 6.07 Å². The fourth-order valence-corrected chi connectivity index (χ4v) is 1.17. The Morgan fingerprint density at radius 1 is 1.58 bits per heavy atom. The highest BCUT2D eigenvalue weighted by molar-refractivity contribution is 6.33. The topological polar surface area (TPSA) is 33.0 Å². The van der Waals surface area contributed by atoms with E-state index in [1.54, 1.807) is 17.2 Å². The molecule has 0 bridgehead atoms. The number of pyridine rings is 1. The van der Waals surface area contributed by atoms with Crippen LogP contribution in [0.2, 0.25) is 5.02 Å². The predicted octanol–water partition coefficient (Wildman–Crippen LogP) is 1.19. The summed E-state index contributed by atoms with van der Waals surface area (Å²) < 4.78 is 0. The maximum Gasteiger partial charge on any atom is 0.255 e. The maximum absolute atomic E-state index is 11.4. The van der Waals surface area contributed by atoms with Crippen LogP contribution in [0.3, 0.4) is 0 Å². The van der Waals surface area contributed by atoms with Gasteiger partial charge in [-0.3, -0.25) is 9.78 Å². The molecule has 1 aliphatic heterocycles. The highest BCUT2D eigenvalue weighted by Gasteiger charge is 2.26. The SMILES string of the molecule is O=C(c1ccncc1Cl)N1CC1. The lowest BCUT2D eigenvalue weighted by atomic mass is 10.2. The molecule has 12 heavy (non-hydrogen) atoms. The highest BCUT2D eigenvalue weighted by Crippen LogP contribution is 2.18. The van der Waals surface area contributed by atoms with Gasteiger partial charge in [0.15, 0.2) is 0 Å². The lowest BCUT2D eigenvalue weighted by Gasteiger charge is -2.01. The monoisotopic (exact) mass is 182 g/mol. The van der Waals surface area contributed by atoms with Gasteiger partial charge in [0.25, 0.3) is 5.91 Å². The standard InChI is InChI=1S/C8H7ClN2O/c9-7-5-10-2-1-6(7)8(12)11-3-4-11/h1-2,5H,3-4H2. The van der Waals surface area contributed by atoms with Gasteiger partial charge >= 0.3 is 0 Å². The van der Waals surface area contributed by atoms with Crippen LogP contribution in [-0.2, 0) is 0 Å². The van der Waals surface area contributed by atoms with Gasteiger partial charge in [-0.2, -0.15) is 0 Å². The van der Waals surface area contributed by atoms with Crippen LogP contribution in [0, 0.1) is 0 Å². The van der Waals surface area contributed by atoms with Crippen LogP contribution in [0.4, 0.5) is 0 Å². The number of carbonyl (C=O) groups excluding carboxylic acids is 1. The van der Waals surface area contributed by atoms with Crippen LogP contribution < -0.4 is 0 Å². The van der Waals surface area contributed by atoms with Crippen LogP contribution in [0.15, 0.2) is 18.5 Å². The summed E-state index contributed by atoms with van der Waals surface area (Å²) in [6.45, 7) is 1.69. The van der Waals surface area contributed by atoms with Crippen molar-refractivity contribution in [1.29, 1.82) is 0 Å². The molecule has 0 spiro atoms. The number of amides is 1. The second-order valence-corrected chi connectivity index (χ2v) is 3.05. The Kier molecular flexibility index (Phi) is 1.73. The first-order valence-corrected chi connectivity index (χ1v) is 4.05. The Hall–Kier alpha value is -1.09. The van der Waals surface area contributed by atoms with Crippen LogP contribution in [-0.4, -0.2) is 28.9 Å². The van der Waals surface area contributed by atoms with Crippen LogP contribution in [0.25, 0.3) is 0 Å². The second kappa shape index (κ2) is 2.75. The number of hydrogen-bond acceptors (Lipinski definition) is 2. The molecule has 3 nitrogen and oxygen atoms in total. The summed E-state index contributed by atoms with van der Waals surface area (Å²) in [7, 11) is 0. The van der Waals surface area contributed by atoms with Gasteiger partial charge in [0.2, 0.25) is 0 Å². The molecule has 1 fully saturated rings. The average molecular weight is 183 g/mol. The van der Waals surface area contributed by atoms with Gasteiger partial charge < -0.3 is 4.90 Å². The number of aromatic nitrogens is 1. The summed E-state index contributed by atoms with van der Waals surface area (Å²) >= 11 is 5.78. The summed E-state index contributed by atoms with van der Waals surface area (Å²) in [5.74, 6) is 0.00222. The molecule has 1 aliphatic rings. The molecule has 1 saturated heterocycles. The van der Waals surface area contributed by atoms with Crippen molar-refractivity contribution in [2.24, 2.45) is 0 Å². The molecule has 62 valence electrons. The fourth-order valence-electron chi connectivity index (χ4n) is 0.972. The third-order valence-electron chi connectivity index (χ3n) is 1.74. The van der Waals surface area contributed by atoms with Gasteiger partial charge in [0.1, 0.15) is 0 Å². The smallest absolute Gasteiger partial charge is 0.255 e. The largest absolute Gasteiger partial charge is 0.335 e. The first-order chi connectivity index (χ1) is 5.79. The van der Waals surface area contributed by atoms with Crippen molar-refractivity contribution >= 4 is 17.5 Å². The van der Waals surface area contributed by atoms with Crippen LogP contribution in [0.1, 0.15) is 10.4 Å². The van der Waals surface area contributed by atoms with Crippen molar-refractivity contribution in [1.82, 2.24) is 9.88 Å². The minimum atomic E-state index is 0.00222. The summed E-state index contributed by atoms with van der Waals surface area (Å²) in [6, 6.07) is 1.64. The van der Waals surface area contributed by atoms with Crippen molar-refractivity contribution < 1.29 is 4.79 Å². The van der Waals surface area contributed by atoms with Gasteiger partial charge in [-0.15, -0.1) is 0 Å². The zero-order chi connectivity index (χ0) is 8.55. The summed E-state index contributed by atoms with van der Waals surface area (Å²) in [5, 5.41) is 0.425. The highest BCUT2D eigenvalue weighted by atomic mass is 35.5.